The predicted molar refractivity (Wildman–Crippen MR) is 51.8 cm³/mol. The fraction of sp³-hybridized carbons (Fsp3) is 0.545. The summed E-state index contributed by atoms with van der Waals surface area (Å²) >= 11 is 0. The highest BCUT2D eigenvalue weighted by Crippen LogP contribution is 2.65. The average Bonchev–Trinajstić information content (AvgIpc) is 2.63. The van der Waals surface area contributed by atoms with Crippen LogP contribution in [0.15, 0.2) is 23.3 Å². The number of hydrogen-bond donors (Lipinski definition) is 2. The first-order chi connectivity index (χ1) is 6.74. The molecule has 0 aromatic carbocycles. The molecule has 0 radical (unpaired) electrons. The van der Waals surface area contributed by atoms with Crippen molar-refractivity contribution in [1.82, 2.24) is 4.98 Å². The number of aromatic nitrogens is 1. The van der Waals surface area contributed by atoms with Crippen molar-refractivity contribution in [2.45, 2.75) is 24.9 Å². The van der Waals surface area contributed by atoms with E-state index in [0.717, 1.165) is 12.8 Å². The number of aromatic amines is 1. The van der Waals surface area contributed by atoms with Gasteiger partial charge in [0.05, 0.1) is 0 Å². The Morgan fingerprint density at radius 1 is 1.43 bits per heavy atom. The molecular weight excluding hydrogens is 178 g/mol. The van der Waals surface area contributed by atoms with Gasteiger partial charge >= 0.3 is 0 Å². The van der Waals surface area contributed by atoms with Crippen LogP contribution in [0.25, 0.3) is 0 Å². The fourth-order valence-corrected chi connectivity index (χ4v) is 3.05. The molecule has 0 bridgehead atoms. The fourth-order valence-electron chi connectivity index (χ4n) is 3.05. The topological polar surface area (TPSA) is 53.1 Å². The van der Waals surface area contributed by atoms with Crippen molar-refractivity contribution in [3.63, 3.8) is 0 Å². The first-order valence-corrected chi connectivity index (χ1v) is 5.14. The molecule has 74 valence electrons. The SMILES string of the molecule is O=c1cc[nH]cc1C1(O)C2CCCC21. The van der Waals surface area contributed by atoms with Crippen LogP contribution in [0.3, 0.4) is 0 Å². The van der Waals surface area contributed by atoms with Crippen LogP contribution in [-0.4, -0.2) is 10.1 Å². The maximum absolute atomic E-state index is 11.6. The van der Waals surface area contributed by atoms with Gasteiger partial charge in [-0.15, -0.1) is 0 Å². The summed E-state index contributed by atoms with van der Waals surface area (Å²) in [5.41, 5.74) is -0.275. The Hall–Kier alpha value is -1.09. The van der Waals surface area contributed by atoms with Crippen molar-refractivity contribution in [3.8, 4) is 0 Å². The van der Waals surface area contributed by atoms with Crippen molar-refractivity contribution < 1.29 is 5.11 Å². The van der Waals surface area contributed by atoms with Gasteiger partial charge in [-0.3, -0.25) is 4.79 Å². The highest BCUT2D eigenvalue weighted by atomic mass is 16.3. The molecule has 3 nitrogen and oxygen atoms in total. The van der Waals surface area contributed by atoms with Gasteiger partial charge in [-0.2, -0.15) is 0 Å². The maximum atomic E-state index is 11.6. The molecule has 2 aliphatic rings. The van der Waals surface area contributed by atoms with Gasteiger partial charge in [0.2, 0.25) is 0 Å². The number of hydrogen-bond acceptors (Lipinski definition) is 2. The van der Waals surface area contributed by atoms with Crippen molar-refractivity contribution in [2.24, 2.45) is 11.8 Å². The number of rotatable bonds is 1. The van der Waals surface area contributed by atoms with E-state index in [1.807, 2.05) is 0 Å². The lowest BCUT2D eigenvalue weighted by Crippen LogP contribution is -2.22. The third-order valence-corrected chi connectivity index (χ3v) is 3.79. The molecule has 14 heavy (non-hydrogen) atoms. The third-order valence-electron chi connectivity index (χ3n) is 3.79. The van der Waals surface area contributed by atoms with E-state index in [9.17, 15) is 9.90 Å². The molecule has 0 amide bonds. The largest absolute Gasteiger partial charge is 0.384 e. The van der Waals surface area contributed by atoms with Crippen LogP contribution in [0.4, 0.5) is 0 Å². The summed E-state index contributed by atoms with van der Waals surface area (Å²) in [6.07, 6.45) is 6.58. The van der Waals surface area contributed by atoms with Crippen LogP contribution in [0.5, 0.6) is 0 Å². The second-order valence-corrected chi connectivity index (χ2v) is 4.39. The van der Waals surface area contributed by atoms with E-state index in [0.29, 0.717) is 17.4 Å². The maximum Gasteiger partial charge on any atom is 0.187 e. The number of pyridine rings is 1. The highest BCUT2D eigenvalue weighted by molar-refractivity contribution is 5.31. The van der Waals surface area contributed by atoms with Crippen LogP contribution < -0.4 is 5.43 Å². The lowest BCUT2D eigenvalue weighted by Gasteiger charge is -2.12. The quantitative estimate of drug-likeness (QED) is 0.695. The normalized spacial score (nSPS) is 39.5. The molecule has 2 fully saturated rings. The van der Waals surface area contributed by atoms with Crippen molar-refractivity contribution in [3.05, 3.63) is 34.2 Å². The molecule has 2 saturated carbocycles. The summed E-state index contributed by atoms with van der Waals surface area (Å²) in [5.74, 6) is 0.678. The molecule has 1 aromatic heterocycles. The number of aliphatic hydroxyl groups is 1. The van der Waals surface area contributed by atoms with Gasteiger partial charge in [0.1, 0.15) is 5.60 Å². The molecule has 2 atom stereocenters. The Morgan fingerprint density at radius 2 is 2.14 bits per heavy atom. The van der Waals surface area contributed by atoms with Crippen LogP contribution in [-0.2, 0) is 5.60 Å². The predicted octanol–water partition coefficient (Wildman–Crippen LogP) is 0.992. The Balaban J connectivity index is 2.05. The zero-order valence-electron chi connectivity index (χ0n) is 7.86. The molecule has 0 aliphatic heterocycles. The smallest absolute Gasteiger partial charge is 0.187 e. The van der Waals surface area contributed by atoms with E-state index in [-0.39, 0.29) is 5.43 Å². The molecule has 1 aromatic rings. The minimum absolute atomic E-state index is 0.0411. The molecule has 3 heteroatoms. The van der Waals surface area contributed by atoms with E-state index in [2.05, 4.69) is 4.98 Å². The Bertz CT molecular complexity index is 413. The molecule has 2 unspecified atom stereocenters. The van der Waals surface area contributed by atoms with E-state index < -0.39 is 5.60 Å². The molecule has 2 N–H and O–H groups in total. The highest BCUT2D eigenvalue weighted by Gasteiger charge is 2.67. The Labute approximate surface area is 81.8 Å². The summed E-state index contributed by atoms with van der Waals surface area (Å²) in [5, 5.41) is 10.3. The van der Waals surface area contributed by atoms with Gasteiger partial charge in [-0.05, 0) is 24.7 Å². The lowest BCUT2D eigenvalue weighted by atomic mass is 10.0. The summed E-state index contributed by atoms with van der Waals surface area (Å²) < 4.78 is 0. The molecule has 3 rings (SSSR count). The van der Waals surface area contributed by atoms with Crippen LogP contribution >= 0.6 is 0 Å². The van der Waals surface area contributed by atoms with Gasteiger partial charge in [-0.25, -0.2) is 0 Å². The standard InChI is InChI=1S/C11H13NO2/c13-10-4-5-12-6-9(10)11(14)7-2-1-3-8(7)11/h4-8,14H,1-3H2,(H,12,13). The van der Waals surface area contributed by atoms with Crippen LogP contribution in [0, 0.1) is 11.8 Å². The van der Waals surface area contributed by atoms with Crippen molar-refractivity contribution in [2.75, 3.05) is 0 Å². The monoisotopic (exact) mass is 191 g/mol. The zero-order valence-corrected chi connectivity index (χ0v) is 7.86. The molecule has 0 saturated heterocycles. The summed E-state index contributed by atoms with van der Waals surface area (Å²) in [6.45, 7) is 0. The summed E-state index contributed by atoms with van der Waals surface area (Å²) in [4.78, 5) is 14.4. The van der Waals surface area contributed by atoms with Crippen LogP contribution in [0.2, 0.25) is 0 Å². The second-order valence-electron chi connectivity index (χ2n) is 4.39. The summed E-state index contributed by atoms with van der Waals surface area (Å²) in [6, 6.07) is 1.49. The number of fused-ring (bicyclic) bond motifs is 1. The van der Waals surface area contributed by atoms with Gasteiger partial charge in [-0.1, -0.05) is 6.42 Å². The van der Waals surface area contributed by atoms with Crippen LogP contribution in [0.1, 0.15) is 24.8 Å². The number of nitrogens with one attached hydrogen (secondary N) is 1. The average molecular weight is 191 g/mol. The van der Waals surface area contributed by atoms with Gasteiger partial charge in [0.15, 0.2) is 5.43 Å². The van der Waals surface area contributed by atoms with Crippen molar-refractivity contribution >= 4 is 0 Å². The number of H-pyrrole nitrogens is 1. The molecular formula is C11H13NO2. The third kappa shape index (κ3) is 0.831. The summed E-state index contributed by atoms with van der Waals surface area (Å²) in [7, 11) is 0. The lowest BCUT2D eigenvalue weighted by molar-refractivity contribution is 0.104. The van der Waals surface area contributed by atoms with Gasteiger partial charge in [0.25, 0.3) is 0 Å². The van der Waals surface area contributed by atoms with E-state index in [4.69, 9.17) is 0 Å². The van der Waals surface area contributed by atoms with E-state index in [1.165, 1.54) is 12.5 Å². The molecule has 1 heterocycles. The van der Waals surface area contributed by atoms with Crippen molar-refractivity contribution in [1.29, 1.82) is 0 Å². The second kappa shape index (κ2) is 2.48. The Kier molecular flexibility index (Phi) is 1.46. The van der Waals surface area contributed by atoms with Gasteiger partial charge in [0, 0.05) is 24.0 Å². The Morgan fingerprint density at radius 3 is 2.79 bits per heavy atom. The van der Waals surface area contributed by atoms with E-state index >= 15 is 0 Å². The molecule has 0 spiro atoms. The zero-order chi connectivity index (χ0) is 9.76. The first kappa shape index (κ1) is 8.24. The minimum atomic E-state index is -0.799. The van der Waals surface area contributed by atoms with E-state index in [1.54, 1.807) is 12.4 Å². The molecule has 2 aliphatic carbocycles. The first-order valence-electron chi connectivity index (χ1n) is 5.14. The minimum Gasteiger partial charge on any atom is -0.384 e. The van der Waals surface area contributed by atoms with Gasteiger partial charge < -0.3 is 10.1 Å².